The second-order valence-electron chi connectivity index (χ2n) is 4.22. The van der Waals surface area contributed by atoms with Crippen LogP contribution < -0.4 is 5.73 Å². The summed E-state index contributed by atoms with van der Waals surface area (Å²) in [6.07, 6.45) is 0.538. The molecule has 0 radical (unpaired) electrons. The normalized spacial score (nSPS) is 12.5. The van der Waals surface area contributed by atoms with Crippen molar-refractivity contribution in [3.05, 3.63) is 67.0 Å². The maximum absolute atomic E-state index is 13.0. The molecule has 1 atom stereocenters. The van der Waals surface area contributed by atoms with Crippen molar-refractivity contribution in [1.82, 2.24) is 0 Å². The maximum atomic E-state index is 13.0. The summed E-state index contributed by atoms with van der Waals surface area (Å²) in [6, 6.07) is 9.83. The summed E-state index contributed by atoms with van der Waals surface area (Å²) in [5, 5.41) is 1.07. The van der Waals surface area contributed by atoms with Gasteiger partial charge in [0.2, 0.25) is 0 Å². The summed E-state index contributed by atoms with van der Waals surface area (Å²) in [6.45, 7) is 0. The first-order valence-corrected chi connectivity index (χ1v) is 7.45. The minimum absolute atomic E-state index is 0.225. The van der Waals surface area contributed by atoms with Gasteiger partial charge in [0, 0.05) is 14.6 Å². The lowest BCUT2D eigenvalue weighted by Crippen LogP contribution is -2.13. The first kappa shape index (κ1) is 15.0. The number of benzene rings is 2. The van der Waals surface area contributed by atoms with E-state index >= 15 is 0 Å². The molecule has 0 aromatic heterocycles. The second kappa shape index (κ2) is 6.39. The van der Waals surface area contributed by atoms with Gasteiger partial charge in [0.25, 0.3) is 0 Å². The summed E-state index contributed by atoms with van der Waals surface area (Å²) < 4.78 is 14.0. The molecule has 0 spiro atoms. The molecule has 0 heterocycles. The summed E-state index contributed by atoms with van der Waals surface area (Å²) in [4.78, 5) is 0. The third-order valence-electron chi connectivity index (χ3n) is 2.83. The molecule has 5 heteroatoms. The smallest absolute Gasteiger partial charge is 0.124 e. The van der Waals surface area contributed by atoms with Crippen LogP contribution in [0.3, 0.4) is 0 Å². The summed E-state index contributed by atoms with van der Waals surface area (Å²) in [5.74, 6) is -0.348. The molecule has 0 fully saturated rings. The molecular weight excluding hydrogens is 399 g/mol. The van der Waals surface area contributed by atoms with Crippen LogP contribution in [-0.4, -0.2) is 0 Å². The van der Waals surface area contributed by atoms with Gasteiger partial charge in [-0.05, 0) is 64.4 Å². The predicted molar refractivity (Wildman–Crippen MR) is 86.2 cm³/mol. The molecule has 100 valence electrons. The third kappa shape index (κ3) is 3.81. The van der Waals surface area contributed by atoms with E-state index in [9.17, 15) is 4.39 Å². The van der Waals surface area contributed by atoms with Gasteiger partial charge in [-0.3, -0.25) is 0 Å². The molecule has 0 amide bonds. The van der Waals surface area contributed by atoms with Crippen LogP contribution >= 0.6 is 45.8 Å². The van der Waals surface area contributed by atoms with E-state index in [2.05, 4.69) is 22.6 Å². The number of nitrogens with two attached hydrogens (primary N) is 1. The number of rotatable bonds is 3. The van der Waals surface area contributed by atoms with Crippen LogP contribution in [0, 0.1) is 9.39 Å². The van der Waals surface area contributed by atoms with Crippen LogP contribution in [0.4, 0.5) is 4.39 Å². The Balaban J connectivity index is 2.20. The number of hydrogen-bond acceptors (Lipinski definition) is 1. The molecule has 0 aliphatic rings. The van der Waals surface area contributed by atoms with Crippen LogP contribution in [0.2, 0.25) is 10.0 Å². The second-order valence-corrected chi connectivity index (χ2v) is 6.20. The van der Waals surface area contributed by atoms with E-state index in [1.807, 2.05) is 18.2 Å². The van der Waals surface area contributed by atoms with Gasteiger partial charge in [-0.25, -0.2) is 4.39 Å². The van der Waals surface area contributed by atoms with Gasteiger partial charge < -0.3 is 5.73 Å². The Morgan fingerprint density at radius 1 is 1.11 bits per heavy atom. The average Bonchev–Trinajstić information content (AvgIpc) is 2.36. The predicted octanol–water partition coefficient (Wildman–Crippen LogP) is 4.98. The van der Waals surface area contributed by atoms with Gasteiger partial charge in [0.1, 0.15) is 5.82 Å². The number of halogens is 4. The Labute approximate surface area is 135 Å². The zero-order valence-electron chi connectivity index (χ0n) is 9.84. The summed E-state index contributed by atoms with van der Waals surface area (Å²) in [7, 11) is 0. The van der Waals surface area contributed by atoms with Crippen molar-refractivity contribution in [2.75, 3.05) is 0 Å². The zero-order valence-corrected chi connectivity index (χ0v) is 13.5. The quantitative estimate of drug-likeness (QED) is 0.711. The molecule has 2 aromatic carbocycles. The fourth-order valence-corrected chi connectivity index (χ4v) is 2.55. The van der Waals surface area contributed by atoms with Crippen LogP contribution in [0.25, 0.3) is 0 Å². The Morgan fingerprint density at radius 3 is 2.47 bits per heavy atom. The molecule has 2 aromatic rings. The zero-order chi connectivity index (χ0) is 14.0. The SMILES string of the molecule is NC(Cc1ccc(F)cc1Cl)c1ccc(I)c(Cl)c1. The average molecular weight is 410 g/mol. The van der Waals surface area contributed by atoms with Gasteiger partial charge >= 0.3 is 0 Å². The van der Waals surface area contributed by atoms with E-state index in [1.165, 1.54) is 12.1 Å². The molecule has 0 aliphatic heterocycles. The van der Waals surface area contributed by atoms with E-state index in [0.29, 0.717) is 16.5 Å². The first-order chi connectivity index (χ1) is 8.97. The highest BCUT2D eigenvalue weighted by Gasteiger charge is 2.11. The van der Waals surface area contributed by atoms with Crippen molar-refractivity contribution >= 4 is 45.8 Å². The van der Waals surface area contributed by atoms with Crippen molar-refractivity contribution < 1.29 is 4.39 Å². The first-order valence-electron chi connectivity index (χ1n) is 5.62. The highest BCUT2D eigenvalue weighted by molar-refractivity contribution is 14.1. The Hall–Kier alpha value is -0.360. The lowest BCUT2D eigenvalue weighted by Gasteiger charge is -2.14. The Bertz CT molecular complexity index is 604. The van der Waals surface area contributed by atoms with Crippen molar-refractivity contribution in [3.8, 4) is 0 Å². The molecule has 0 aliphatic carbocycles. The largest absolute Gasteiger partial charge is 0.324 e. The highest BCUT2D eigenvalue weighted by Crippen LogP contribution is 2.26. The van der Waals surface area contributed by atoms with Crippen LogP contribution in [-0.2, 0) is 6.42 Å². The van der Waals surface area contributed by atoms with Gasteiger partial charge in [0.15, 0.2) is 0 Å². The van der Waals surface area contributed by atoms with Crippen molar-refractivity contribution in [2.24, 2.45) is 5.73 Å². The molecule has 0 bridgehead atoms. The fourth-order valence-electron chi connectivity index (χ4n) is 1.79. The van der Waals surface area contributed by atoms with Gasteiger partial charge in [-0.15, -0.1) is 0 Å². The molecule has 2 rings (SSSR count). The fraction of sp³-hybridized carbons (Fsp3) is 0.143. The van der Waals surface area contributed by atoms with Gasteiger partial charge in [-0.1, -0.05) is 35.3 Å². The molecule has 2 N–H and O–H groups in total. The van der Waals surface area contributed by atoms with Gasteiger partial charge in [-0.2, -0.15) is 0 Å². The summed E-state index contributed by atoms with van der Waals surface area (Å²) in [5.41, 5.74) is 7.90. The van der Waals surface area contributed by atoms with Crippen molar-refractivity contribution in [3.63, 3.8) is 0 Å². The maximum Gasteiger partial charge on any atom is 0.124 e. The molecule has 1 nitrogen and oxygen atoms in total. The van der Waals surface area contributed by atoms with Gasteiger partial charge in [0.05, 0.1) is 5.02 Å². The monoisotopic (exact) mass is 409 g/mol. The highest BCUT2D eigenvalue weighted by atomic mass is 127. The standard InChI is InChI=1S/C14H11Cl2FIN/c15-11-7-10(17)3-1-8(11)6-14(19)9-2-4-13(18)12(16)5-9/h1-5,7,14H,6,19H2. The Morgan fingerprint density at radius 2 is 1.84 bits per heavy atom. The molecule has 0 saturated heterocycles. The van der Waals surface area contributed by atoms with E-state index in [4.69, 9.17) is 28.9 Å². The molecule has 19 heavy (non-hydrogen) atoms. The van der Waals surface area contributed by atoms with E-state index in [0.717, 1.165) is 14.7 Å². The van der Waals surface area contributed by atoms with Crippen LogP contribution in [0.5, 0.6) is 0 Å². The van der Waals surface area contributed by atoms with E-state index in [-0.39, 0.29) is 11.9 Å². The summed E-state index contributed by atoms with van der Waals surface area (Å²) >= 11 is 14.2. The lowest BCUT2D eigenvalue weighted by molar-refractivity contribution is 0.625. The van der Waals surface area contributed by atoms with Crippen LogP contribution in [0.15, 0.2) is 36.4 Å². The van der Waals surface area contributed by atoms with E-state index in [1.54, 1.807) is 6.07 Å². The van der Waals surface area contributed by atoms with Crippen molar-refractivity contribution in [2.45, 2.75) is 12.5 Å². The Kier molecular flexibility index (Phi) is 5.06. The minimum Gasteiger partial charge on any atom is -0.324 e. The van der Waals surface area contributed by atoms with Crippen molar-refractivity contribution in [1.29, 1.82) is 0 Å². The lowest BCUT2D eigenvalue weighted by atomic mass is 10.00. The van der Waals surface area contributed by atoms with E-state index < -0.39 is 0 Å². The topological polar surface area (TPSA) is 26.0 Å². The molecule has 1 unspecified atom stereocenters. The molecule has 0 saturated carbocycles. The van der Waals surface area contributed by atoms with Crippen LogP contribution in [0.1, 0.15) is 17.2 Å². The minimum atomic E-state index is -0.348. The third-order valence-corrected chi connectivity index (χ3v) is 4.75. The molecular formula is C14H11Cl2FIN. The number of hydrogen-bond donors (Lipinski definition) is 1.